The molecule has 6 nitrogen and oxygen atoms in total. The summed E-state index contributed by atoms with van der Waals surface area (Å²) >= 11 is 12.1. The molecule has 29 heavy (non-hydrogen) atoms. The van der Waals surface area contributed by atoms with Gasteiger partial charge < -0.3 is 19.6 Å². The molecule has 2 heterocycles. The van der Waals surface area contributed by atoms with Crippen LogP contribution in [0.25, 0.3) is 11.5 Å². The first-order valence-electron chi connectivity index (χ1n) is 8.62. The van der Waals surface area contributed by atoms with Crippen molar-refractivity contribution in [3.8, 4) is 11.5 Å². The van der Waals surface area contributed by atoms with Crippen LogP contribution in [0.2, 0.25) is 10.2 Å². The molecule has 3 aromatic rings. The number of oxazole rings is 1. The van der Waals surface area contributed by atoms with Crippen molar-refractivity contribution in [1.82, 2.24) is 20.2 Å². The number of guanidine groups is 1. The Morgan fingerprint density at radius 1 is 1.24 bits per heavy atom. The van der Waals surface area contributed by atoms with E-state index in [4.69, 9.17) is 27.6 Å². The Morgan fingerprint density at radius 2 is 1.97 bits per heavy atom. The first-order valence-corrected chi connectivity index (χ1v) is 9.38. The molecular formula is C19H21Cl2FIN5O. The van der Waals surface area contributed by atoms with E-state index in [0.29, 0.717) is 41.5 Å². The SMILES string of the molecule is CN=C(NCCc1coc(-c2ccc(F)cc2)n1)NCc1cc(Cl)c(Cl)n1C.I. The number of nitrogens with zero attached hydrogens (tertiary/aromatic N) is 3. The average Bonchev–Trinajstić information content (AvgIpc) is 3.26. The Balaban J connectivity index is 0.00000300. The van der Waals surface area contributed by atoms with E-state index in [1.165, 1.54) is 12.1 Å². The molecule has 0 atom stereocenters. The second-order valence-electron chi connectivity index (χ2n) is 6.09. The molecule has 2 aromatic heterocycles. The van der Waals surface area contributed by atoms with E-state index in [2.05, 4.69) is 20.6 Å². The molecule has 1 aromatic carbocycles. The number of aliphatic imine (C=N–C) groups is 1. The molecule has 3 rings (SSSR count). The van der Waals surface area contributed by atoms with Crippen LogP contribution in [0, 0.1) is 5.82 Å². The topological polar surface area (TPSA) is 67.4 Å². The molecule has 10 heteroatoms. The summed E-state index contributed by atoms with van der Waals surface area (Å²) in [5.74, 6) is 0.823. The van der Waals surface area contributed by atoms with Gasteiger partial charge in [0.15, 0.2) is 5.96 Å². The Kier molecular flexibility index (Phi) is 8.79. The van der Waals surface area contributed by atoms with Gasteiger partial charge in [-0.3, -0.25) is 4.99 Å². The first-order chi connectivity index (χ1) is 13.5. The van der Waals surface area contributed by atoms with Crippen LogP contribution >= 0.6 is 47.2 Å². The molecular weight excluding hydrogens is 531 g/mol. The summed E-state index contributed by atoms with van der Waals surface area (Å²) in [6, 6.07) is 7.84. The smallest absolute Gasteiger partial charge is 0.226 e. The largest absolute Gasteiger partial charge is 0.444 e. The number of nitrogens with one attached hydrogen (secondary N) is 2. The lowest BCUT2D eigenvalue weighted by molar-refractivity contribution is 0.571. The Hall–Kier alpha value is -1.78. The van der Waals surface area contributed by atoms with Gasteiger partial charge in [0.1, 0.15) is 17.2 Å². The monoisotopic (exact) mass is 551 g/mol. The summed E-state index contributed by atoms with van der Waals surface area (Å²) in [5.41, 5.74) is 2.47. The van der Waals surface area contributed by atoms with Crippen molar-refractivity contribution in [1.29, 1.82) is 0 Å². The zero-order valence-corrected chi connectivity index (χ0v) is 19.7. The number of halogens is 4. The highest BCUT2D eigenvalue weighted by Crippen LogP contribution is 2.25. The second kappa shape index (κ2) is 10.8. The van der Waals surface area contributed by atoms with E-state index in [0.717, 1.165) is 17.0 Å². The van der Waals surface area contributed by atoms with E-state index < -0.39 is 0 Å². The van der Waals surface area contributed by atoms with Gasteiger partial charge in [0.05, 0.1) is 17.3 Å². The summed E-state index contributed by atoms with van der Waals surface area (Å²) < 4.78 is 20.3. The maximum absolute atomic E-state index is 13.0. The summed E-state index contributed by atoms with van der Waals surface area (Å²) in [4.78, 5) is 8.62. The van der Waals surface area contributed by atoms with Gasteiger partial charge in [-0.05, 0) is 30.3 Å². The van der Waals surface area contributed by atoms with Crippen LogP contribution in [-0.2, 0) is 20.0 Å². The van der Waals surface area contributed by atoms with E-state index in [9.17, 15) is 4.39 Å². The van der Waals surface area contributed by atoms with E-state index in [-0.39, 0.29) is 29.8 Å². The highest BCUT2D eigenvalue weighted by molar-refractivity contribution is 14.0. The van der Waals surface area contributed by atoms with E-state index in [1.54, 1.807) is 25.4 Å². The molecule has 2 N–H and O–H groups in total. The summed E-state index contributed by atoms with van der Waals surface area (Å²) in [5, 5.41) is 7.45. The summed E-state index contributed by atoms with van der Waals surface area (Å²) in [6.45, 7) is 1.14. The van der Waals surface area contributed by atoms with Crippen molar-refractivity contribution in [2.24, 2.45) is 12.0 Å². The first kappa shape index (κ1) is 23.5. The van der Waals surface area contributed by atoms with Crippen LogP contribution in [0.3, 0.4) is 0 Å². The maximum Gasteiger partial charge on any atom is 0.226 e. The van der Waals surface area contributed by atoms with Crippen molar-refractivity contribution in [3.05, 3.63) is 64.0 Å². The predicted octanol–water partition coefficient (Wildman–Crippen LogP) is 4.65. The highest BCUT2D eigenvalue weighted by atomic mass is 127. The third-order valence-electron chi connectivity index (χ3n) is 4.19. The molecule has 0 aliphatic heterocycles. The molecule has 0 unspecified atom stereocenters. The van der Waals surface area contributed by atoms with Crippen LogP contribution in [0.4, 0.5) is 4.39 Å². The lowest BCUT2D eigenvalue weighted by Crippen LogP contribution is -2.38. The Labute approximate surface area is 195 Å². The van der Waals surface area contributed by atoms with Crippen LogP contribution in [0.1, 0.15) is 11.4 Å². The van der Waals surface area contributed by atoms with Crippen LogP contribution in [0.15, 0.2) is 46.0 Å². The van der Waals surface area contributed by atoms with Gasteiger partial charge in [0.25, 0.3) is 0 Å². The highest BCUT2D eigenvalue weighted by Gasteiger charge is 2.10. The maximum atomic E-state index is 13.0. The van der Waals surface area contributed by atoms with Crippen LogP contribution in [-0.4, -0.2) is 29.1 Å². The van der Waals surface area contributed by atoms with E-state index in [1.807, 2.05) is 17.7 Å². The van der Waals surface area contributed by atoms with Crippen molar-refractivity contribution >= 4 is 53.1 Å². The van der Waals surface area contributed by atoms with Gasteiger partial charge >= 0.3 is 0 Å². The Bertz CT molecular complexity index is 972. The fourth-order valence-electron chi connectivity index (χ4n) is 2.61. The Morgan fingerprint density at radius 3 is 2.59 bits per heavy atom. The lowest BCUT2D eigenvalue weighted by Gasteiger charge is -2.12. The summed E-state index contributed by atoms with van der Waals surface area (Å²) in [7, 11) is 3.55. The fraction of sp³-hybridized carbons (Fsp3) is 0.263. The zero-order chi connectivity index (χ0) is 20.1. The molecule has 0 bridgehead atoms. The number of rotatable bonds is 6. The van der Waals surface area contributed by atoms with Gasteiger partial charge in [0.2, 0.25) is 5.89 Å². The molecule has 0 radical (unpaired) electrons. The number of benzene rings is 1. The van der Waals surface area contributed by atoms with Gasteiger partial charge in [-0.2, -0.15) is 0 Å². The molecule has 0 aliphatic carbocycles. The number of aromatic nitrogens is 2. The second-order valence-corrected chi connectivity index (χ2v) is 6.85. The number of hydrogen-bond donors (Lipinski definition) is 2. The molecule has 0 fully saturated rings. The van der Waals surface area contributed by atoms with Gasteiger partial charge in [-0.25, -0.2) is 9.37 Å². The normalized spacial score (nSPS) is 11.3. The molecule has 0 amide bonds. The van der Waals surface area contributed by atoms with Crippen molar-refractivity contribution < 1.29 is 8.81 Å². The average molecular weight is 552 g/mol. The van der Waals surface area contributed by atoms with Gasteiger partial charge in [-0.1, -0.05) is 23.2 Å². The van der Waals surface area contributed by atoms with Gasteiger partial charge in [0, 0.05) is 38.3 Å². The lowest BCUT2D eigenvalue weighted by atomic mass is 10.2. The zero-order valence-electron chi connectivity index (χ0n) is 15.9. The van der Waals surface area contributed by atoms with E-state index >= 15 is 0 Å². The van der Waals surface area contributed by atoms with Crippen LogP contribution < -0.4 is 10.6 Å². The standard InChI is InChI=1S/C19H20Cl2FN5O.HI/c1-23-19(25-10-15-9-16(20)17(21)27(15)2)24-8-7-14-11-28-18(26-14)12-3-5-13(22)6-4-12;/h3-6,9,11H,7-8,10H2,1-2H3,(H2,23,24,25);1H. The minimum atomic E-state index is -0.293. The third-order valence-corrected chi connectivity index (χ3v) is 5.03. The van der Waals surface area contributed by atoms with Gasteiger partial charge in [-0.15, -0.1) is 24.0 Å². The van der Waals surface area contributed by atoms with Crippen LogP contribution in [0.5, 0.6) is 0 Å². The molecule has 0 saturated heterocycles. The molecule has 0 spiro atoms. The number of hydrogen-bond acceptors (Lipinski definition) is 3. The molecule has 0 aliphatic rings. The minimum absolute atomic E-state index is 0. The fourth-order valence-corrected chi connectivity index (χ4v) is 3.03. The molecule has 0 saturated carbocycles. The minimum Gasteiger partial charge on any atom is -0.444 e. The molecule has 156 valence electrons. The summed E-state index contributed by atoms with van der Waals surface area (Å²) in [6.07, 6.45) is 2.25. The van der Waals surface area contributed by atoms with Crippen molar-refractivity contribution in [3.63, 3.8) is 0 Å². The quantitative estimate of drug-likeness (QED) is 0.266. The predicted molar refractivity (Wildman–Crippen MR) is 125 cm³/mol. The van der Waals surface area contributed by atoms with Crippen molar-refractivity contribution in [2.75, 3.05) is 13.6 Å². The third kappa shape index (κ3) is 6.10. The van der Waals surface area contributed by atoms with Crippen molar-refractivity contribution in [2.45, 2.75) is 13.0 Å².